The smallest absolute Gasteiger partial charge is 0.245 e. The molecule has 28 heavy (non-hydrogen) atoms. The van der Waals surface area contributed by atoms with Gasteiger partial charge in [0.2, 0.25) is 11.8 Å². The summed E-state index contributed by atoms with van der Waals surface area (Å²) in [6.07, 6.45) is 1.56. The minimum atomic E-state index is -0.212. The molecule has 0 bridgehead atoms. The highest BCUT2D eigenvalue weighted by Gasteiger charge is 2.45. The van der Waals surface area contributed by atoms with Crippen LogP contribution in [-0.4, -0.2) is 48.0 Å². The Hall–Kier alpha value is -2.25. The van der Waals surface area contributed by atoms with Crippen LogP contribution in [0.5, 0.6) is 0 Å². The van der Waals surface area contributed by atoms with Gasteiger partial charge in [-0.2, -0.15) is 0 Å². The number of rotatable bonds is 10. The van der Waals surface area contributed by atoms with E-state index in [0.717, 1.165) is 12.1 Å². The first-order chi connectivity index (χ1) is 13.6. The van der Waals surface area contributed by atoms with Gasteiger partial charge < -0.3 is 15.0 Å². The maximum absolute atomic E-state index is 13.0. The lowest BCUT2D eigenvalue weighted by Crippen LogP contribution is -2.40. The van der Waals surface area contributed by atoms with Gasteiger partial charge in [0.1, 0.15) is 0 Å². The largest absolute Gasteiger partial charge is 0.382 e. The summed E-state index contributed by atoms with van der Waals surface area (Å²) in [5, 5.41) is 5.25. The minimum absolute atomic E-state index is 0.0376. The molecule has 1 aromatic carbocycles. The Bertz CT molecular complexity index is 793. The molecule has 2 amide bonds. The molecule has 7 heteroatoms. The van der Waals surface area contributed by atoms with Gasteiger partial charge in [-0.05, 0) is 38.2 Å². The van der Waals surface area contributed by atoms with Crippen molar-refractivity contribution in [1.29, 1.82) is 0 Å². The van der Waals surface area contributed by atoms with E-state index >= 15 is 0 Å². The Labute approximate surface area is 169 Å². The van der Waals surface area contributed by atoms with Crippen molar-refractivity contribution in [2.75, 3.05) is 31.6 Å². The molecule has 2 unspecified atom stereocenters. The van der Waals surface area contributed by atoms with Crippen LogP contribution in [0.3, 0.4) is 0 Å². The van der Waals surface area contributed by atoms with Crippen molar-refractivity contribution in [2.24, 2.45) is 5.92 Å². The molecular formula is C21H27N3O3S. The topological polar surface area (TPSA) is 71.5 Å². The maximum Gasteiger partial charge on any atom is 0.245 e. The molecule has 1 N–H and O–H groups in total. The third kappa shape index (κ3) is 5.62. The van der Waals surface area contributed by atoms with Crippen molar-refractivity contribution >= 4 is 28.3 Å². The summed E-state index contributed by atoms with van der Waals surface area (Å²) in [5.74, 6) is 0.0593. The van der Waals surface area contributed by atoms with Crippen molar-refractivity contribution in [3.63, 3.8) is 0 Å². The van der Waals surface area contributed by atoms with Crippen molar-refractivity contribution in [1.82, 2.24) is 9.88 Å². The number of ether oxygens (including phenoxy) is 1. The lowest BCUT2D eigenvalue weighted by Gasteiger charge is -2.22. The van der Waals surface area contributed by atoms with E-state index in [1.807, 2.05) is 37.4 Å². The van der Waals surface area contributed by atoms with E-state index in [-0.39, 0.29) is 30.2 Å². The van der Waals surface area contributed by atoms with E-state index < -0.39 is 0 Å². The van der Waals surface area contributed by atoms with Gasteiger partial charge in [-0.1, -0.05) is 30.3 Å². The third-order valence-electron chi connectivity index (χ3n) is 4.77. The quantitative estimate of drug-likeness (QED) is 0.619. The van der Waals surface area contributed by atoms with Gasteiger partial charge >= 0.3 is 0 Å². The summed E-state index contributed by atoms with van der Waals surface area (Å²) < 4.78 is 5.39. The average molecular weight is 402 g/mol. The van der Waals surface area contributed by atoms with Crippen LogP contribution in [0.2, 0.25) is 0 Å². The maximum atomic E-state index is 13.0. The number of aryl methyl sites for hydroxylation is 1. The molecule has 1 heterocycles. The van der Waals surface area contributed by atoms with Gasteiger partial charge in [-0.25, -0.2) is 4.98 Å². The van der Waals surface area contributed by atoms with Crippen LogP contribution >= 0.6 is 11.3 Å². The summed E-state index contributed by atoms with van der Waals surface area (Å²) in [6.45, 7) is 5.62. The van der Waals surface area contributed by atoms with Crippen molar-refractivity contribution in [2.45, 2.75) is 32.6 Å². The van der Waals surface area contributed by atoms with Gasteiger partial charge in [0.15, 0.2) is 5.13 Å². The molecular weight excluding hydrogens is 374 g/mol. The lowest BCUT2D eigenvalue weighted by molar-refractivity contribution is -0.136. The molecule has 1 saturated carbocycles. The molecule has 0 spiro atoms. The standard InChI is InChI=1S/C21H27N3O3S/c1-3-27-11-7-10-24(13-19(25)23-21-22-15(2)14-28-21)20(26)18-12-17(18)16-8-5-4-6-9-16/h4-6,8-9,14,17-18H,3,7,10-13H2,1-2H3,(H,22,23,25). The van der Waals surface area contributed by atoms with E-state index in [4.69, 9.17) is 4.74 Å². The first-order valence-corrected chi connectivity index (χ1v) is 10.6. The fourth-order valence-corrected chi connectivity index (χ4v) is 3.99. The van der Waals surface area contributed by atoms with Crippen LogP contribution in [-0.2, 0) is 14.3 Å². The molecule has 6 nitrogen and oxygen atoms in total. The molecule has 1 aliphatic carbocycles. The molecule has 0 aliphatic heterocycles. The molecule has 3 rings (SSSR count). The van der Waals surface area contributed by atoms with E-state index in [2.05, 4.69) is 22.4 Å². The highest BCUT2D eigenvalue weighted by Crippen LogP contribution is 2.48. The second-order valence-corrected chi connectivity index (χ2v) is 7.87. The Morgan fingerprint density at radius 3 is 2.79 bits per heavy atom. The van der Waals surface area contributed by atoms with Crippen molar-refractivity contribution < 1.29 is 14.3 Å². The Kier molecular flexibility index (Phi) is 7.17. The predicted octanol–water partition coefficient (Wildman–Crippen LogP) is 3.45. The fraction of sp³-hybridized carbons (Fsp3) is 0.476. The van der Waals surface area contributed by atoms with Crippen LogP contribution in [0.4, 0.5) is 5.13 Å². The number of aromatic nitrogens is 1. The lowest BCUT2D eigenvalue weighted by atomic mass is 10.1. The zero-order valence-corrected chi connectivity index (χ0v) is 17.2. The molecule has 1 aliphatic rings. The number of benzene rings is 1. The first-order valence-electron chi connectivity index (χ1n) is 9.72. The molecule has 1 aromatic heterocycles. The van der Waals surface area contributed by atoms with E-state index in [9.17, 15) is 9.59 Å². The Morgan fingerprint density at radius 2 is 2.11 bits per heavy atom. The highest BCUT2D eigenvalue weighted by molar-refractivity contribution is 7.13. The third-order valence-corrected chi connectivity index (χ3v) is 5.64. The number of anilines is 1. The predicted molar refractivity (Wildman–Crippen MR) is 110 cm³/mol. The summed E-state index contributed by atoms with van der Waals surface area (Å²) in [4.78, 5) is 31.4. The second kappa shape index (κ2) is 9.80. The SMILES string of the molecule is CCOCCCN(CC(=O)Nc1nc(C)cs1)C(=O)C1CC1c1ccccc1. The summed E-state index contributed by atoms with van der Waals surface area (Å²) in [7, 11) is 0. The van der Waals surface area contributed by atoms with Gasteiger partial charge in [0.05, 0.1) is 12.2 Å². The number of nitrogens with one attached hydrogen (secondary N) is 1. The normalized spacial score (nSPS) is 17.9. The summed E-state index contributed by atoms with van der Waals surface area (Å²) in [6, 6.07) is 10.1. The van der Waals surface area contributed by atoms with Crippen LogP contribution < -0.4 is 5.32 Å². The van der Waals surface area contributed by atoms with Crippen LogP contribution in [0.15, 0.2) is 35.7 Å². The average Bonchev–Trinajstić information content (AvgIpc) is 3.40. The van der Waals surface area contributed by atoms with E-state index in [1.165, 1.54) is 16.9 Å². The van der Waals surface area contributed by atoms with Crippen molar-refractivity contribution in [3.05, 3.63) is 47.0 Å². The zero-order valence-electron chi connectivity index (χ0n) is 16.4. The number of nitrogens with zero attached hydrogens (tertiary/aromatic N) is 2. The molecule has 0 saturated heterocycles. The van der Waals surface area contributed by atoms with Crippen LogP contribution in [0, 0.1) is 12.8 Å². The fourth-order valence-electron chi connectivity index (χ4n) is 3.28. The van der Waals surface area contributed by atoms with Crippen molar-refractivity contribution in [3.8, 4) is 0 Å². The number of amides is 2. The molecule has 2 aromatic rings. The van der Waals surface area contributed by atoms with Gasteiger partial charge in [0, 0.05) is 31.1 Å². The Morgan fingerprint density at radius 1 is 1.32 bits per heavy atom. The molecule has 0 radical (unpaired) electrons. The minimum Gasteiger partial charge on any atom is -0.382 e. The van der Waals surface area contributed by atoms with E-state index in [0.29, 0.717) is 31.3 Å². The van der Waals surface area contributed by atoms with E-state index in [1.54, 1.807) is 4.90 Å². The summed E-state index contributed by atoms with van der Waals surface area (Å²) >= 11 is 1.39. The number of carbonyl (C=O) groups excluding carboxylic acids is 2. The number of carbonyl (C=O) groups is 2. The zero-order chi connectivity index (χ0) is 19.9. The molecule has 2 atom stereocenters. The van der Waals surface area contributed by atoms with Gasteiger partial charge in [-0.15, -0.1) is 11.3 Å². The second-order valence-electron chi connectivity index (χ2n) is 7.01. The van der Waals surface area contributed by atoms with Gasteiger partial charge in [0.25, 0.3) is 0 Å². The molecule has 1 fully saturated rings. The number of hydrogen-bond donors (Lipinski definition) is 1. The van der Waals surface area contributed by atoms with Gasteiger partial charge in [-0.3, -0.25) is 9.59 Å². The number of thiazole rings is 1. The first kappa shape index (κ1) is 20.5. The van der Waals surface area contributed by atoms with Crippen LogP contribution in [0.25, 0.3) is 0 Å². The van der Waals surface area contributed by atoms with Crippen LogP contribution in [0.1, 0.15) is 36.9 Å². The highest BCUT2D eigenvalue weighted by atomic mass is 32.1. The Balaban J connectivity index is 1.59. The monoisotopic (exact) mass is 401 g/mol. The summed E-state index contributed by atoms with van der Waals surface area (Å²) in [5.41, 5.74) is 2.06. The number of hydrogen-bond acceptors (Lipinski definition) is 5. The molecule has 150 valence electrons.